The van der Waals surface area contributed by atoms with Gasteiger partial charge in [-0.05, 0) is 37.4 Å². The van der Waals surface area contributed by atoms with Crippen LogP contribution in [0.25, 0.3) is 0 Å². The van der Waals surface area contributed by atoms with Gasteiger partial charge in [0.25, 0.3) is 0 Å². The van der Waals surface area contributed by atoms with E-state index in [2.05, 4.69) is 33.4 Å². The van der Waals surface area contributed by atoms with Gasteiger partial charge in [0.15, 0.2) is 0 Å². The Morgan fingerprint density at radius 2 is 2.06 bits per heavy atom. The molecular weight excluding hydrogens is 294 g/mol. The molecule has 0 fully saturated rings. The van der Waals surface area contributed by atoms with Crippen molar-refractivity contribution in [2.75, 3.05) is 13.2 Å². The molecule has 0 aliphatic carbocycles. The minimum absolute atomic E-state index is 0.193. The lowest BCUT2D eigenvalue weighted by molar-refractivity contribution is -0.141. The molecule has 100 valence electrons. The van der Waals surface area contributed by atoms with Crippen LogP contribution < -0.4 is 5.32 Å². The fourth-order valence-corrected chi connectivity index (χ4v) is 2.03. The Morgan fingerprint density at radius 3 is 2.78 bits per heavy atom. The highest BCUT2D eigenvalue weighted by Gasteiger charge is 1.97. The molecule has 1 aromatic rings. The molecule has 1 N–H and O–H groups in total. The lowest BCUT2D eigenvalue weighted by Crippen LogP contribution is -2.15. The van der Waals surface area contributed by atoms with Crippen LogP contribution in [0.5, 0.6) is 0 Å². The van der Waals surface area contributed by atoms with E-state index in [-0.39, 0.29) is 5.97 Å². The lowest BCUT2D eigenvalue weighted by atomic mass is 10.2. The predicted molar refractivity (Wildman–Crippen MR) is 76.3 cm³/mol. The van der Waals surface area contributed by atoms with Crippen molar-refractivity contribution in [3.8, 4) is 0 Å². The van der Waals surface area contributed by atoms with Gasteiger partial charge in [0.1, 0.15) is 0 Å². The molecule has 0 bridgehead atoms. The molecule has 0 aromatic heterocycles. The zero-order valence-electron chi connectivity index (χ0n) is 10.7. The summed E-state index contributed by atoms with van der Waals surface area (Å²) in [6.07, 6.45) is 3.12. The van der Waals surface area contributed by atoms with E-state index >= 15 is 0 Å². The van der Waals surface area contributed by atoms with Crippen molar-refractivity contribution < 1.29 is 9.53 Å². The first kappa shape index (κ1) is 15.2. The molecule has 18 heavy (non-hydrogen) atoms. The van der Waals surface area contributed by atoms with E-state index < -0.39 is 0 Å². The SMILES string of the molecule is CC(=O)OCCCCCNCc1ccccc1Br. The Balaban J connectivity index is 1.99. The lowest BCUT2D eigenvalue weighted by Gasteiger charge is -2.06. The largest absolute Gasteiger partial charge is 0.466 e. The second kappa shape index (κ2) is 9.11. The summed E-state index contributed by atoms with van der Waals surface area (Å²) >= 11 is 3.52. The van der Waals surface area contributed by atoms with Crippen molar-refractivity contribution in [3.05, 3.63) is 34.3 Å². The zero-order valence-corrected chi connectivity index (χ0v) is 12.3. The third-order valence-electron chi connectivity index (χ3n) is 2.58. The van der Waals surface area contributed by atoms with Crippen molar-refractivity contribution in [2.45, 2.75) is 32.7 Å². The molecular formula is C14H20BrNO2. The Labute approximate surface area is 117 Å². The van der Waals surface area contributed by atoms with E-state index in [9.17, 15) is 4.79 Å². The highest BCUT2D eigenvalue weighted by molar-refractivity contribution is 9.10. The molecule has 0 saturated heterocycles. The third-order valence-corrected chi connectivity index (χ3v) is 3.35. The fraction of sp³-hybridized carbons (Fsp3) is 0.500. The fourth-order valence-electron chi connectivity index (χ4n) is 1.61. The summed E-state index contributed by atoms with van der Waals surface area (Å²) in [5.74, 6) is -0.193. The number of benzene rings is 1. The first-order valence-corrected chi connectivity index (χ1v) is 7.07. The molecule has 0 saturated carbocycles. The normalized spacial score (nSPS) is 10.3. The van der Waals surface area contributed by atoms with Gasteiger partial charge >= 0.3 is 5.97 Å². The van der Waals surface area contributed by atoms with Crippen LogP contribution in [0.4, 0.5) is 0 Å². The first-order chi connectivity index (χ1) is 8.70. The highest BCUT2D eigenvalue weighted by Crippen LogP contribution is 2.15. The number of hydrogen-bond acceptors (Lipinski definition) is 3. The number of halogens is 1. The van der Waals surface area contributed by atoms with Crippen LogP contribution in [0.1, 0.15) is 31.7 Å². The number of ether oxygens (including phenoxy) is 1. The molecule has 1 rings (SSSR count). The van der Waals surface area contributed by atoms with Gasteiger partial charge in [-0.2, -0.15) is 0 Å². The van der Waals surface area contributed by atoms with Crippen molar-refractivity contribution in [2.24, 2.45) is 0 Å². The topological polar surface area (TPSA) is 38.3 Å². The Hall–Kier alpha value is -0.870. The summed E-state index contributed by atoms with van der Waals surface area (Å²) in [6, 6.07) is 8.22. The molecule has 0 amide bonds. The van der Waals surface area contributed by atoms with Crippen LogP contribution in [0, 0.1) is 0 Å². The van der Waals surface area contributed by atoms with Gasteiger partial charge in [0.2, 0.25) is 0 Å². The minimum atomic E-state index is -0.193. The number of nitrogens with one attached hydrogen (secondary N) is 1. The van der Waals surface area contributed by atoms with Gasteiger partial charge in [0.05, 0.1) is 6.61 Å². The number of esters is 1. The standard InChI is InChI=1S/C14H20BrNO2/c1-12(17)18-10-6-2-5-9-16-11-13-7-3-4-8-14(13)15/h3-4,7-8,16H,2,5-6,9-11H2,1H3. The first-order valence-electron chi connectivity index (χ1n) is 6.27. The van der Waals surface area contributed by atoms with E-state index in [1.165, 1.54) is 12.5 Å². The minimum Gasteiger partial charge on any atom is -0.466 e. The quantitative estimate of drug-likeness (QED) is 0.591. The maximum Gasteiger partial charge on any atom is 0.302 e. The molecule has 1 aromatic carbocycles. The van der Waals surface area contributed by atoms with Gasteiger partial charge in [-0.15, -0.1) is 0 Å². The van der Waals surface area contributed by atoms with Gasteiger partial charge < -0.3 is 10.1 Å². The average Bonchev–Trinajstić information content (AvgIpc) is 2.34. The second-order valence-corrected chi connectivity index (χ2v) is 5.02. The average molecular weight is 314 g/mol. The molecule has 0 unspecified atom stereocenters. The van der Waals surface area contributed by atoms with Crippen molar-refractivity contribution in [1.29, 1.82) is 0 Å². The summed E-state index contributed by atoms with van der Waals surface area (Å²) in [4.78, 5) is 10.5. The molecule has 0 spiro atoms. The van der Waals surface area contributed by atoms with Crippen LogP contribution in [0.15, 0.2) is 28.7 Å². The second-order valence-electron chi connectivity index (χ2n) is 4.17. The zero-order chi connectivity index (χ0) is 13.2. The molecule has 3 nitrogen and oxygen atoms in total. The highest BCUT2D eigenvalue weighted by atomic mass is 79.9. The molecule has 0 heterocycles. The number of rotatable bonds is 8. The monoisotopic (exact) mass is 313 g/mol. The van der Waals surface area contributed by atoms with Crippen LogP contribution in [-0.2, 0) is 16.1 Å². The number of carbonyl (C=O) groups excluding carboxylic acids is 1. The van der Waals surface area contributed by atoms with Crippen LogP contribution in [0.3, 0.4) is 0 Å². The third kappa shape index (κ3) is 6.77. The van der Waals surface area contributed by atoms with Crippen molar-refractivity contribution in [3.63, 3.8) is 0 Å². The summed E-state index contributed by atoms with van der Waals surface area (Å²) in [5.41, 5.74) is 1.28. The molecule has 0 aliphatic heterocycles. The number of unbranched alkanes of at least 4 members (excludes halogenated alkanes) is 2. The Morgan fingerprint density at radius 1 is 1.28 bits per heavy atom. The predicted octanol–water partition coefficient (Wildman–Crippen LogP) is 3.27. The summed E-state index contributed by atoms with van der Waals surface area (Å²) < 4.78 is 6.01. The molecule has 0 atom stereocenters. The van der Waals surface area contributed by atoms with E-state index in [1.807, 2.05) is 12.1 Å². The van der Waals surface area contributed by atoms with Crippen LogP contribution >= 0.6 is 15.9 Å². The van der Waals surface area contributed by atoms with Crippen LogP contribution in [0.2, 0.25) is 0 Å². The van der Waals surface area contributed by atoms with Gasteiger partial charge in [-0.25, -0.2) is 0 Å². The molecule has 4 heteroatoms. The number of carbonyl (C=O) groups is 1. The van der Waals surface area contributed by atoms with Gasteiger partial charge in [-0.1, -0.05) is 34.1 Å². The van der Waals surface area contributed by atoms with Crippen LogP contribution in [-0.4, -0.2) is 19.1 Å². The maximum atomic E-state index is 10.5. The summed E-state index contributed by atoms with van der Waals surface area (Å²) in [5, 5.41) is 3.40. The summed E-state index contributed by atoms with van der Waals surface area (Å²) in [7, 11) is 0. The maximum absolute atomic E-state index is 10.5. The Bertz CT molecular complexity index is 369. The van der Waals surface area contributed by atoms with E-state index in [4.69, 9.17) is 4.74 Å². The van der Waals surface area contributed by atoms with Crippen molar-refractivity contribution >= 4 is 21.9 Å². The van der Waals surface area contributed by atoms with Crippen molar-refractivity contribution in [1.82, 2.24) is 5.32 Å². The number of hydrogen-bond donors (Lipinski definition) is 1. The van der Waals surface area contributed by atoms with E-state index in [0.29, 0.717) is 6.61 Å². The van der Waals surface area contributed by atoms with E-state index in [0.717, 1.165) is 36.8 Å². The molecule has 0 radical (unpaired) electrons. The smallest absolute Gasteiger partial charge is 0.302 e. The Kier molecular flexibility index (Phi) is 7.69. The van der Waals surface area contributed by atoms with Gasteiger partial charge in [0, 0.05) is 17.9 Å². The van der Waals surface area contributed by atoms with E-state index in [1.54, 1.807) is 0 Å². The van der Waals surface area contributed by atoms with Gasteiger partial charge in [-0.3, -0.25) is 4.79 Å². The summed E-state index contributed by atoms with van der Waals surface area (Å²) in [6.45, 7) is 3.85. The molecule has 0 aliphatic rings.